The van der Waals surface area contributed by atoms with Crippen molar-refractivity contribution in [1.82, 2.24) is 0 Å². The third kappa shape index (κ3) is 7.53. The fourth-order valence-electron chi connectivity index (χ4n) is 1.12. The van der Waals surface area contributed by atoms with Crippen LogP contribution >= 0.6 is 0 Å². The van der Waals surface area contributed by atoms with Crippen LogP contribution in [0.25, 0.3) is 0 Å². The predicted octanol–water partition coefficient (Wildman–Crippen LogP) is 2.11. The number of carbonyl (C=O) groups excluding carboxylic acids is 2. The first-order valence-electron chi connectivity index (χ1n) is 4.85. The van der Waals surface area contributed by atoms with Crippen molar-refractivity contribution in [1.29, 1.82) is 0 Å². The predicted molar refractivity (Wildman–Crippen MR) is 54.9 cm³/mol. The maximum atomic E-state index is 10.2. The lowest BCUT2D eigenvalue weighted by Gasteiger charge is -2.05. The van der Waals surface area contributed by atoms with E-state index in [1.807, 2.05) is 13.0 Å². The summed E-state index contributed by atoms with van der Waals surface area (Å²) >= 11 is 0. The molecule has 80 valence electrons. The van der Waals surface area contributed by atoms with E-state index in [0.717, 1.165) is 24.7 Å². The van der Waals surface area contributed by atoms with E-state index in [4.69, 9.17) is 0 Å². The molecule has 0 aromatic heterocycles. The van der Waals surface area contributed by atoms with Gasteiger partial charge in [0.2, 0.25) is 0 Å². The molecule has 0 bridgehead atoms. The van der Waals surface area contributed by atoms with Gasteiger partial charge in [-0.25, -0.2) is 0 Å². The molecule has 0 saturated carbocycles. The molecule has 0 aliphatic rings. The molecular weight excluding hydrogens is 180 g/mol. The smallest absolute Gasteiger partial charge is 0.293 e. The molecule has 0 saturated heterocycles. The lowest BCUT2D eigenvalue weighted by molar-refractivity contribution is -0.127. The van der Waals surface area contributed by atoms with Gasteiger partial charge in [0.05, 0.1) is 0 Å². The minimum atomic E-state index is 0.367. The molecule has 0 fully saturated rings. The highest BCUT2D eigenvalue weighted by Gasteiger charge is 1.99. The molecule has 0 amide bonds. The van der Waals surface area contributed by atoms with Crippen molar-refractivity contribution in [2.45, 2.75) is 33.1 Å². The Morgan fingerprint density at radius 1 is 1.43 bits per heavy atom. The summed E-state index contributed by atoms with van der Waals surface area (Å²) in [7, 11) is 0. The van der Waals surface area contributed by atoms with E-state index in [-0.39, 0.29) is 0 Å². The summed E-state index contributed by atoms with van der Waals surface area (Å²) in [6, 6.07) is 0. The Morgan fingerprint density at radius 3 is 2.71 bits per heavy atom. The zero-order chi connectivity index (χ0) is 10.8. The fraction of sp³-hybridized carbons (Fsp3) is 0.636. The van der Waals surface area contributed by atoms with E-state index in [2.05, 4.69) is 11.7 Å². The van der Waals surface area contributed by atoms with Crippen LogP contribution in [0.4, 0.5) is 0 Å². The summed E-state index contributed by atoms with van der Waals surface area (Å²) in [5.41, 5.74) is 1.05. The number of hydrogen-bond acceptors (Lipinski definition) is 3. The minimum Gasteiger partial charge on any atom is -0.463 e. The lowest BCUT2D eigenvalue weighted by atomic mass is 10.0. The summed E-state index contributed by atoms with van der Waals surface area (Å²) < 4.78 is 4.60. The average Bonchev–Trinajstić information content (AvgIpc) is 2.15. The highest BCUT2D eigenvalue weighted by molar-refractivity contribution is 5.49. The molecule has 0 N–H and O–H groups in total. The van der Waals surface area contributed by atoms with Gasteiger partial charge in [-0.15, -0.1) is 0 Å². The van der Waals surface area contributed by atoms with Crippen LogP contribution < -0.4 is 0 Å². The third-order valence-corrected chi connectivity index (χ3v) is 2.03. The summed E-state index contributed by atoms with van der Waals surface area (Å²) in [4.78, 5) is 20.1. The summed E-state index contributed by atoms with van der Waals surface area (Å²) in [5.74, 6) is 0.434. The van der Waals surface area contributed by atoms with E-state index in [1.54, 1.807) is 0 Å². The Kier molecular flexibility index (Phi) is 7.80. The molecule has 0 aromatic rings. The van der Waals surface area contributed by atoms with Gasteiger partial charge in [-0.3, -0.25) is 4.79 Å². The number of aldehydes is 1. The second-order valence-corrected chi connectivity index (χ2v) is 3.54. The Balaban J connectivity index is 3.58. The molecule has 0 rings (SSSR count). The van der Waals surface area contributed by atoms with Crippen LogP contribution in [-0.2, 0) is 14.3 Å². The number of allylic oxidation sites excluding steroid dienone is 1. The second-order valence-electron chi connectivity index (χ2n) is 3.54. The van der Waals surface area contributed by atoms with Crippen LogP contribution in [0.5, 0.6) is 0 Å². The second kappa shape index (κ2) is 8.48. The maximum Gasteiger partial charge on any atom is 0.293 e. The van der Waals surface area contributed by atoms with Crippen molar-refractivity contribution in [3.05, 3.63) is 11.6 Å². The van der Waals surface area contributed by atoms with E-state index in [1.165, 1.54) is 0 Å². The van der Waals surface area contributed by atoms with Crippen LogP contribution in [0.2, 0.25) is 0 Å². The van der Waals surface area contributed by atoms with Crippen molar-refractivity contribution in [3.63, 3.8) is 0 Å². The monoisotopic (exact) mass is 198 g/mol. The van der Waals surface area contributed by atoms with Crippen molar-refractivity contribution >= 4 is 12.8 Å². The molecule has 0 spiro atoms. The zero-order valence-electron chi connectivity index (χ0n) is 8.86. The molecular formula is C11H18O3. The number of hydrogen-bond donors (Lipinski definition) is 0. The normalized spacial score (nSPS) is 13.4. The summed E-state index contributed by atoms with van der Waals surface area (Å²) in [6.07, 6.45) is 5.56. The topological polar surface area (TPSA) is 43.4 Å². The molecule has 0 aliphatic carbocycles. The molecule has 14 heavy (non-hydrogen) atoms. The standard InChI is InChI=1S/C11H18O3/c1-10(6-7-12)4-3-5-11(2)8-14-9-13/h5,7,9-10H,3-4,6,8H2,1-2H3/b11-5+. The van der Waals surface area contributed by atoms with Gasteiger partial charge in [0.25, 0.3) is 6.47 Å². The summed E-state index contributed by atoms with van der Waals surface area (Å²) in [6.45, 7) is 4.80. The highest BCUT2D eigenvalue weighted by Crippen LogP contribution is 2.10. The quantitative estimate of drug-likeness (QED) is 0.443. The van der Waals surface area contributed by atoms with Gasteiger partial charge in [-0.1, -0.05) is 13.0 Å². The van der Waals surface area contributed by atoms with Crippen LogP contribution in [0.15, 0.2) is 11.6 Å². The van der Waals surface area contributed by atoms with Crippen LogP contribution in [-0.4, -0.2) is 19.4 Å². The van der Waals surface area contributed by atoms with Crippen LogP contribution in [0.1, 0.15) is 33.1 Å². The van der Waals surface area contributed by atoms with Gasteiger partial charge >= 0.3 is 0 Å². The lowest BCUT2D eigenvalue weighted by Crippen LogP contribution is -1.96. The number of ether oxygens (including phenoxy) is 1. The molecule has 1 unspecified atom stereocenters. The third-order valence-electron chi connectivity index (χ3n) is 2.03. The first-order valence-corrected chi connectivity index (χ1v) is 4.85. The largest absolute Gasteiger partial charge is 0.463 e. The van der Waals surface area contributed by atoms with Gasteiger partial charge in [0.1, 0.15) is 12.9 Å². The van der Waals surface area contributed by atoms with E-state index in [9.17, 15) is 9.59 Å². The molecule has 0 radical (unpaired) electrons. The fourth-order valence-corrected chi connectivity index (χ4v) is 1.12. The average molecular weight is 198 g/mol. The van der Waals surface area contributed by atoms with Gasteiger partial charge in [0, 0.05) is 6.42 Å². The van der Waals surface area contributed by atoms with Gasteiger partial charge in [0.15, 0.2) is 0 Å². The summed E-state index contributed by atoms with van der Waals surface area (Å²) in [5, 5.41) is 0. The molecule has 3 heteroatoms. The Bertz CT molecular complexity index is 197. The first-order chi connectivity index (χ1) is 6.70. The molecule has 0 aromatic carbocycles. The molecule has 0 aliphatic heterocycles. The van der Waals surface area contributed by atoms with Crippen LogP contribution in [0, 0.1) is 5.92 Å². The van der Waals surface area contributed by atoms with E-state index >= 15 is 0 Å². The highest BCUT2D eigenvalue weighted by atomic mass is 16.5. The van der Waals surface area contributed by atoms with Crippen LogP contribution in [0.3, 0.4) is 0 Å². The Labute approximate surface area is 85.1 Å². The Hall–Kier alpha value is -1.12. The minimum absolute atomic E-state index is 0.367. The maximum absolute atomic E-state index is 10.2. The van der Waals surface area contributed by atoms with E-state index in [0.29, 0.717) is 25.4 Å². The number of rotatable bonds is 8. The SMILES string of the molecule is C/C(=C\CCC(C)CC=O)COC=O. The van der Waals surface area contributed by atoms with Crippen molar-refractivity contribution in [2.75, 3.05) is 6.61 Å². The zero-order valence-corrected chi connectivity index (χ0v) is 8.86. The van der Waals surface area contributed by atoms with Gasteiger partial charge in [-0.2, -0.15) is 0 Å². The molecule has 0 heterocycles. The molecule has 3 nitrogen and oxygen atoms in total. The first kappa shape index (κ1) is 12.9. The number of carbonyl (C=O) groups is 2. The van der Waals surface area contributed by atoms with Gasteiger partial charge < -0.3 is 9.53 Å². The van der Waals surface area contributed by atoms with E-state index < -0.39 is 0 Å². The van der Waals surface area contributed by atoms with Crippen molar-refractivity contribution in [3.8, 4) is 0 Å². The van der Waals surface area contributed by atoms with Crippen molar-refractivity contribution < 1.29 is 14.3 Å². The van der Waals surface area contributed by atoms with Crippen molar-refractivity contribution in [2.24, 2.45) is 5.92 Å². The van der Waals surface area contributed by atoms with Gasteiger partial charge in [-0.05, 0) is 31.3 Å². The molecule has 1 atom stereocenters. The Morgan fingerprint density at radius 2 is 2.14 bits per heavy atom.